The summed E-state index contributed by atoms with van der Waals surface area (Å²) in [6.45, 7) is 2.61. The first-order valence-electron chi connectivity index (χ1n) is 4.51. The van der Waals surface area contributed by atoms with E-state index >= 15 is 0 Å². The number of nitrogens with two attached hydrogens (primary N) is 1. The molecule has 3 heteroatoms. The predicted molar refractivity (Wildman–Crippen MR) is 52.5 cm³/mol. The van der Waals surface area contributed by atoms with Gasteiger partial charge in [0, 0.05) is 19.2 Å². The van der Waals surface area contributed by atoms with Gasteiger partial charge in [-0.3, -0.25) is 0 Å². The largest absolute Gasteiger partial charge is 0.325 e. The lowest BCUT2D eigenvalue weighted by molar-refractivity contribution is 0.915. The number of hydrogen-bond acceptors (Lipinski definition) is 2. The van der Waals surface area contributed by atoms with Crippen LogP contribution in [0, 0.1) is 0 Å². The van der Waals surface area contributed by atoms with E-state index in [0.29, 0.717) is 6.54 Å². The Morgan fingerprint density at radius 2 is 2.31 bits per heavy atom. The molecule has 0 aliphatic heterocycles. The Balaban J connectivity index is 2.74. The molecule has 0 aliphatic rings. The molecular formula is C10H13N3. The van der Waals surface area contributed by atoms with Crippen LogP contribution >= 0.6 is 0 Å². The molecule has 13 heavy (non-hydrogen) atoms. The SMILES string of the molecule is CCc1nc(CN)c2ccccn12. The van der Waals surface area contributed by atoms with Gasteiger partial charge in [-0.25, -0.2) is 4.98 Å². The average Bonchev–Trinajstić information content (AvgIpc) is 2.56. The van der Waals surface area contributed by atoms with Crippen LogP contribution in [0.3, 0.4) is 0 Å². The Hall–Kier alpha value is -1.35. The molecule has 2 aromatic rings. The summed E-state index contributed by atoms with van der Waals surface area (Å²) >= 11 is 0. The smallest absolute Gasteiger partial charge is 0.113 e. The summed E-state index contributed by atoms with van der Waals surface area (Å²) in [6, 6.07) is 6.07. The Labute approximate surface area is 77.2 Å². The highest BCUT2D eigenvalue weighted by molar-refractivity contribution is 5.53. The van der Waals surface area contributed by atoms with Crippen molar-refractivity contribution in [3.63, 3.8) is 0 Å². The Kier molecular flexibility index (Phi) is 2.02. The van der Waals surface area contributed by atoms with Crippen molar-refractivity contribution in [3.05, 3.63) is 35.9 Å². The van der Waals surface area contributed by atoms with Crippen molar-refractivity contribution in [2.24, 2.45) is 5.73 Å². The summed E-state index contributed by atoms with van der Waals surface area (Å²) in [6.07, 6.45) is 2.96. The molecule has 2 N–H and O–H groups in total. The van der Waals surface area contributed by atoms with Gasteiger partial charge in [0.1, 0.15) is 5.82 Å². The number of imidazole rings is 1. The van der Waals surface area contributed by atoms with Crippen LogP contribution in [0.15, 0.2) is 24.4 Å². The van der Waals surface area contributed by atoms with Crippen LogP contribution in [0.5, 0.6) is 0 Å². The fraction of sp³-hybridized carbons (Fsp3) is 0.300. The third-order valence-corrected chi connectivity index (χ3v) is 2.21. The highest BCUT2D eigenvalue weighted by Crippen LogP contribution is 2.12. The molecule has 0 atom stereocenters. The second kappa shape index (κ2) is 3.18. The van der Waals surface area contributed by atoms with Crippen molar-refractivity contribution in [1.82, 2.24) is 9.38 Å². The van der Waals surface area contributed by atoms with E-state index in [0.717, 1.165) is 23.5 Å². The van der Waals surface area contributed by atoms with Crippen LogP contribution < -0.4 is 5.73 Å². The van der Waals surface area contributed by atoms with E-state index in [-0.39, 0.29) is 0 Å². The number of pyridine rings is 1. The molecule has 0 spiro atoms. The van der Waals surface area contributed by atoms with Crippen LogP contribution in [-0.4, -0.2) is 9.38 Å². The zero-order chi connectivity index (χ0) is 9.26. The highest BCUT2D eigenvalue weighted by atomic mass is 15.0. The van der Waals surface area contributed by atoms with Crippen molar-refractivity contribution >= 4 is 5.52 Å². The van der Waals surface area contributed by atoms with Gasteiger partial charge in [-0.2, -0.15) is 0 Å². The summed E-state index contributed by atoms with van der Waals surface area (Å²) in [4.78, 5) is 4.46. The van der Waals surface area contributed by atoms with E-state index in [1.165, 1.54) is 0 Å². The van der Waals surface area contributed by atoms with Gasteiger partial charge < -0.3 is 10.1 Å². The molecule has 68 valence electrons. The zero-order valence-corrected chi connectivity index (χ0v) is 7.70. The normalized spacial score (nSPS) is 10.9. The van der Waals surface area contributed by atoms with Gasteiger partial charge >= 0.3 is 0 Å². The molecule has 0 saturated heterocycles. The number of aromatic nitrogens is 2. The zero-order valence-electron chi connectivity index (χ0n) is 7.70. The molecule has 2 heterocycles. The summed E-state index contributed by atoms with van der Waals surface area (Å²) < 4.78 is 2.10. The fourth-order valence-corrected chi connectivity index (χ4v) is 1.57. The third kappa shape index (κ3) is 1.21. The minimum absolute atomic E-state index is 0.507. The number of rotatable bonds is 2. The maximum Gasteiger partial charge on any atom is 0.113 e. The van der Waals surface area contributed by atoms with Gasteiger partial charge in [-0.1, -0.05) is 13.0 Å². The predicted octanol–water partition coefficient (Wildman–Crippen LogP) is 1.36. The van der Waals surface area contributed by atoms with Crippen LogP contribution in [0.25, 0.3) is 5.52 Å². The van der Waals surface area contributed by atoms with Crippen LogP contribution in [0.4, 0.5) is 0 Å². The topological polar surface area (TPSA) is 43.3 Å². The lowest BCUT2D eigenvalue weighted by Gasteiger charge is -1.95. The average molecular weight is 175 g/mol. The fourth-order valence-electron chi connectivity index (χ4n) is 1.57. The second-order valence-corrected chi connectivity index (χ2v) is 2.99. The maximum atomic E-state index is 5.61. The van der Waals surface area contributed by atoms with Crippen molar-refractivity contribution in [1.29, 1.82) is 0 Å². The van der Waals surface area contributed by atoms with Crippen molar-refractivity contribution in [3.8, 4) is 0 Å². The first-order chi connectivity index (χ1) is 6.36. The number of hydrogen-bond donors (Lipinski definition) is 1. The quantitative estimate of drug-likeness (QED) is 0.748. The van der Waals surface area contributed by atoms with Crippen molar-refractivity contribution in [2.45, 2.75) is 19.9 Å². The van der Waals surface area contributed by atoms with Gasteiger partial charge in [0.05, 0.1) is 11.2 Å². The first kappa shape index (κ1) is 8.26. The minimum Gasteiger partial charge on any atom is -0.325 e. The molecule has 2 rings (SSSR count). The van der Waals surface area contributed by atoms with E-state index in [4.69, 9.17) is 5.73 Å². The highest BCUT2D eigenvalue weighted by Gasteiger charge is 2.06. The summed E-state index contributed by atoms with van der Waals surface area (Å²) in [5.74, 6) is 1.08. The standard InChI is InChI=1S/C10H13N3/c1-2-10-12-8(7-11)9-5-3-4-6-13(9)10/h3-6H,2,7,11H2,1H3. The van der Waals surface area contributed by atoms with E-state index in [2.05, 4.69) is 16.3 Å². The molecule has 0 radical (unpaired) electrons. The Morgan fingerprint density at radius 3 is 3.00 bits per heavy atom. The van der Waals surface area contributed by atoms with Gasteiger partial charge in [-0.05, 0) is 12.1 Å². The molecule has 2 aromatic heterocycles. The molecule has 0 fully saturated rings. The van der Waals surface area contributed by atoms with E-state index in [1.54, 1.807) is 0 Å². The molecule has 0 bridgehead atoms. The summed E-state index contributed by atoms with van der Waals surface area (Å²) in [7, 11) is 0. The lowest BCUT2D eigenvalue weighted by Crippen LogP contribution is -1.96. The van der Waals surface area contributed by atoms with Crippen LogP contribution in [0.1, 0.15) is 18.4 Å². The third-order valence-electron chi connectivity index (χ3n) is 2.21. The van der Waals surface area contributed by atoms with Crippen LogP contribution in [-0.2, 0) is 13.0 Å². The van der Waals surface area contributed by atoms with E-state index in [1.807, 2.05) is 24.4 Å². The maximum absolute atomic E-state index is 5.61. The van der Waals surface area contributed by atoms with Crippen LogP contribution in [0.2, 0.25) is 0 Å². The van der Waals surface area contributed by atoms with Crippen molar-refractivity contribution in [2.75, 3.05) is 0 Å². The lowest BCUT2D eigenvalue weighted by atomic mass is 10.3. The van der Waals surface area contributed by atoms with Gasteiger partial charge in [0.15, 0.2) is 0 Å². The van der Waals surface area contributed by atoms with E-state index < -0.39 is 0 Å². The molecule has 3 nitrogen and oxygen atoms in total. The van der Waals surface area contributed by atoms with Gasteiger partial charge in [-0.15, -0.1) is 0 Å². The summed E-state index contributed by atoms with van der Waals surface area (Å²) in [5.41, 5.74) is 7.72. The number of fused-ring (bicyclic) bond motifs is 1. The number of aryl methyl sites for hydroxylation is 1. The second-order valence-electron chi connectivity index (χ2n) is 2.99. The Bertz CT molecular complexity index is 379. The molecule has 0 unspecified atom stereocenters. The first-order valence-corrected chi connectivity index (χ1v) is 4.51. The molecule has 0 saturated carbocycles. The number of nitrogens with zero attached hydrogens (tertiary/aromatic N) is 2. The molecule has 0 aromatic carbocycles. The van der Waals surface area contributed by atoms with E-state index in [9.17, 15) is 0 Å². The van der Waals surface area contributed by atoms with Gasteiger partial charge in [0.25, 0.3) is 0 Å². The van der Waals surface area contributed by atoms with Gasteiger partial charge in [0.2, 0.25) is 0 Å². The Morgan fingerprint density at radius 1 is 1.46 bits per heavy atom. The molecular weight excluding hydrogens is 162 g/mol. The van der Waals surface area contributed by atoms with Crippen molar-refractivity contribution < 1.29 is 0 Å². The monoisotopic (exact) mass is 175 g/mol. The molecule has 0 aliphatic carbocycles. The molecule has 0 amide bonds. The minimum atomic E-state index is 0.507. The summed E-state index contributed by atoms with van der Waals surface area (Å²) in [5, 5.41) is 0.